The Hall–Kier alpha value is -2.60. The molecule has 0 saturated heterocycles. The van der Waals surface area contributed by atoms with Gasteiger partial charge in [-0.25, -0.2) is 0 Å². The lowest BCUT2D eigenvalue weighted by Gasteiger charge is -2.17. The maximum absolute atomic E-state index is 2.39. The van der Waals surface area contributed by atoms with Crippen LogP contribution in [-0.4, -0.2) is 0 Å². The first-order valence-electron chi connectivity index (χ1n) is 8.87. The number of benzene rings is 3. The molecule has 0 saturated carbocycles. The molecule has 0 spiro atoms. The summed E-state index contributed by atoms with van der Waals surface area (Å²) in [4.78, 5) is 0. The summed E-state index contributed by atoms with van der Waals surface area (Å²) in [5.74, 6) is 1.11. The van der Waals surface area contributed by atoms with E-state index in [9.17, 15) is 0 Å². The van der Waals surface area contributed by atoms with Gasteiger partial charge in [-0.1, -0.05) is 84.9 Å². The van der Waals surface area contributed by atoms with Gasteiger partial charge in [0, 0.05) is 11.8 Å². The van der Waals surface area contributed by atoms with E-state index in [2.05, 4.69) is 84.9 Å². The van der Waals surface area contributed by atoms with Crippen molar-refractivity contribution in [2.24, 2.45) is 0 Å². The minimum Gasteiger partial charge on any atom is -0.0764 e. The average molecular weight is 308 g/mol. The third kappa shape index (κ3) is 2.06. The smallest absolute Gasteiger partial charge is 0.0102 e. The molecule has 0 fully saturated rings. The highest BCUT2D eigenvalue weighted by molar-refractivity contribution is 5.78. The van der Waals surface area contributed by atoms with Gasteiger partial charge < -0.3 is 0 Å². The van der Waals surface area contributed by atoms with Gasteiger partial charge >= 0.3 is 0 Å². The van der Waals surface area contributed by atoms with E-state index in [0.717, 1.165) is 0 Å². The normalized spacial score (nSPS) is 17.6. The Kier molecular flexibility index (Phi) is 3.16. The Morgan fingerprint density at radius 3 is 1.88 bits per heavy atom. The molecule has 0 N–H and O–H groups in total. The number of hydrogen-bond acceptors (Lipinski definition) is 0. The second kappa shape index (κ2) is 5.49. The highest BCUT2D eigenvalue weighted by Crippen LogP contribution is 2.48. The molecule has 0 aromatic heterocycles. The van der Waals surface area contributed by atoms with E-state index >= 15 is 0 Å². The fourth-order valence-electron chi connectivity index (χ4n) is 4.49. The summed E-state index contributed by atoms with van der Waals surface area (Å²) >= 11 is 0. The molecule has 0 aliphatic heterocycles. The van der Waals surface area contributed by atoms with Gasteiger partial charge in [0.2, 0.25) is 0 Å². The lowest BCUT2D eigenvalue weighted by Crippen LogP contribution is -2.01. The molecule has 116 valence electrons. The molecule has 3 aromatic rings. The fourth-order valence-corrected chi connectivity index (χ4v) is 4.49. The van der Waals surface area contributed by atoms with Crippen LogP contribution in [0.2, 0.25) is 0 Å². The van der Waals surface area contributed by atoms with Crippen molar-refractivity contribution < 1.29 is 0 Å². The van der Waals surface area contributed by atoms with E-state index in [1.54, 1.807) is 0 Å². The predicted molar refractivity (Wildman–Crippen MR) is 101 cm³/mol. The molecule has 0 heteroatoms. The Labute approximate surface area is 143 Å². The standard InChI is InChI=1S/C24H20/c1-2-8-19-17(7-1)13-14-18(19)15-16-24-22-11-5-3-9-20(22)21-10-4-6-12-23(21)24/h1-14,18,24H,15-16H2. The number of allylic oxidation sites excluding steroid dienone is 1. The molecule has 5 rings (SSSR count). The first kappa shape index (κ1) is 13.8. The van der Waals surface area contributed by atoms with Crippen molar-refractivity contribution in [1.29, 1.82) is 0 Å². The highest BCUT2D eigenvalue weighted by Gasteiger charge is 2.28. The summed E-state index contributed by atoms with van der Waals surface area (Å²) in [6.07, 6.45) is 7.09. The molecule has 2 aliphatic carbocycles. The lowest BCUT2D eigenvalue weighted by atomic mass is 9.87. The van der Waals surface area contributed by atoms with Gasteiger partial charge in [-0.05, 0) is 46.2 Å². The van der Waals surface area contributed by atoms with E-state index in [1.165, 1.54) is 46.2 Å². The molecule has 24 heavy (non-hydrogen) atoms. The topological polar surface area (TPSA) is 0 Å². The minimum atomic E-state index is 0.540. The second-order valence-electron chi connectivity index (χ2n) is 6.90. The van der Waals surface area contributed by atoms with Gasteiger partial charge in [-0.2, -0.15) is 0 Å². The van der Waals surface area contributed by atoms with Crippen LogP contribution >= 0.6 is 0 Å². The number of fused-ring (bicyclic) bond motifs is 4. The molecule has 0 bridgehead atoms. The van der Waals surface area contributed by atoms with E-state index < -0.39 is 0 Å². The molecule has 0 nitrogen and oxygen atoms in total. The quantitative estimate of drug-likeness (QED) is 0.526. The maximum atomic E-state index is 2.39. The lowest BCUT2D eigenvalue weighted by molar-refractivity contribution is 0.634. The first-order chi connectivity index (χ1) is 11.9. The van der Waals surface area contributed by atoms with Crippen LogP contribution in [0.3, 0.4) is 0 Å². The summed E-state index contributed by atoms with van der Waals surface area (Å²) in [7, 11) is 0. The molecule has 2 aliphatic rings. The second-order valence-corrected chi connectivity index (χ2v) is 6.90. The Bertz CT molecular complexity index is 887. The average Bonchev–Trinajstić information content (AvgIpc) is 3.19. The summed E-state index contributed by atoms with van der Waals surface area (Å²) < 4.78 is 0. The molecule has 1 atom stereocenters. The largest absolute Gasteiger partial charge is 0.0764 e. The van der Waals surface area contributed by atoms with Crippen LogP contribution < -0.4 is 0 Å². The molecule has 1 unspecified atom stereocenters. The van der Waals surface area contributed by atoms with E-state index in [-0.39, 0.29) is 0 Å². The van der Waals surface area contributed by atoms with Gasteiger partial charge in [0.15, 0.2) is 0 Å². The van der Waals surface area contributed by atoms with Crippen LogP contribution in [0.15, 0.2) is 78.9 Å². The van der Waals surface area contributed by atoms with E-state index in [0.29, 0.717) is 11.8 Å². The zero-order valence-electron chi connectivity index (χ0n) is 13.7. The maximum Gasteiger partial charge on any atom is 0.0102 e. The van der Waals surface area contributed by atoms with Gasteiger partial charge in [-0.3, -0.25) is 0 Å². The minimum absolute atomic E-state index is 0.540. The zero-order chi connectivity index (χ0) is 15.9. The first-order valence-corrected chi connectivity index (χ1v) is 8.87. The predicted octanol–water partition coefficient (Wildman–Crippen LogP) is 6.39. The van der Waals surface area contributed by atoms with Crippen molar-refractivity contribution in [2.45, 2.75) is 24.7 Å². The Balaban J connectivity index is 1.45. The van der Waals surface area contributed by atoms with Crippen molar-refractivity contribution >= 4 is 6.08 Å². The molecular formula is C24H20. The third-order valence-electron chi connectivity index (χ3n) is 5.63. The summed E-state index contributed by atoms with van der Waals surface area (Å²) in [6, 6.07) is 26.7. The molecule has 0 amide bonds. The summed E-state index contributed by atoms with van der Waals surface area (Å²) in [6.45, 7) is 0. The molecule has 3 aromatic carbocycles. The molecule has 0 radical (unpaired) electrons. The number of hydrogen-bond donors (Lipinski definition) is 0. The fraction of sp³-hybridized carbons (Fsp3) is 0.167. The Morgan fingerprint density at radius 1 is 0.583 bits per heavy atom. The summed E-state index contributed by atoms with van der Waals surface area (Å²) in [5, 5.41) is 0. The van der Waals surface area contributed by atoms with Crippen molar-refractivity contribution in [3.05, 3.63) is 101 Å². The van der Waals surface area contributed by atoms with Gasteiger partial charge in [0.25, 0.3) is 0 Å². The molecule has 0 heterocycles. The van der Waals surface area contributed by atoms with Crippen LogP contribution in [0.5, 0.6) is 0 Å². The van der Waals surface area contributed by atoms with Crippen LogP contribution in [0.1, 0.15) is 46.9 Å². The zero-order valence-corrected chi connectivity index (χ0v) is 13.7. The molecular weight excluding hydrogens is 288 g/mol. The highest BCUT2D eigenvalue weighted by atomic mass is 14.3. The van der Waals surface area contributed by atoms with Crippen molar-refractivity contribution in [3.8, 4) is 11.1 Å². The number of rotatable bonds is 3. The van der Waals surface area contributed by atoms with Crippen molar-refractivity contribution in [3.63, 3.8) is 0 Å². The van der Waals surface area contributed by atoms with Crippen LogP contribution in [0.4, 0.5) is 0 Å². The van der Waals surface area contributed by atoms with Crippen LogP contribution in [-0.2, 0) is 0 Å². The van der Waals surface area contributed by atoms with Crippen molar-refractivity contribution in [2.75, 3.05) is 0 Å². The SMILES string of the molecule is C1=CC(CCC2c3ccccc3-c3ccccc32)c2ccccc21. The summed E-state index contributed by atoms with van der Waals surface area (Å²) in [5.41, 5.74) is 8.77. The van der Waals surface area contributed by atoms with Gasteiger partial charge in [-0.15, -0.1) is 0 Å². The third-order valence-corrected chi connectivity index (χ3v) is 5.63. The van der Waals surface area contributed by atoms with Crippen LogP contribution in [0, 0.1) is 0 Å². The monoisotopic (exact) mass is 308 g/mol. The van der Waals surface area contributed by atoms with Crippen molar-refractivity contribution in [1.82, 2.24) is 0 Å². The Morgan fingerprint density at radius 2 is 1.17 bits per heavy atom. The van der Waals surface area contributed by atoms with E-state index in [1.807, 2.05) is 0 Å². The van der Waals surface area contributed by atoms with Crippen LogP contribution in [0.25, 0.3) is 17.2 Å². The van der Waals surface area contributed by atoms with Gasteiger partial charge in [0.05, 0.1) is 0 Å². The van der Waals surface area contributed by atoms with Gasteiger partial charge in [0.1, 0.15) is 0 Å². The van der Waals surface area contributed by atoms with E-state index in [4.69, 9.17) is 0 Å².